The number of rotatable bonds is 4. The topological polar surface area (TPSA) is 49.3 Å². The lowest BCUT2D eigenvalue weighted by molar-refractivity contribution is 0.0944. The predicted molar refractivity (Wildman–Crippen MR) is 79.4 cm³/mol. The van der Waals surface area contributed by atoms with Crippen molar-refractivity contribution in [2.45, 2.75) is 33.1 Å². The quantitative estimate of drug-likeness (QED) is 0.825. The third-order valence-electron chi connectivity index (χ3n) is 3.98. The van der Waals surface area contributed by atoms with Crippen LogP contribution in [0.15, 0.2) is 18.2 Å². The number of carbonyl (C=O) groups excluding carboxylic acids is 1. The van der Waals surface area contributed by atoms with E-state index in [1.54, 1.807) is 6.07 Å². The van der Waals surface area contributed by atoms with E-state index in [-0.39, 0.29) is 12.5 Å². The molecular formula is C17H21NO2. The van der Waals surface area contributed by atoms with Crippen LogP contribution >= 0.6 is 0 Å². The van der Waals surface area contributed by atoms with Crippen molar-refractivity contribution in [1.82, 2.24) is 5.32 Å². The lowest BCUT2D eigenvalue weighted by Gasteiger charge is -2.13. The van der Waals surface area contributed by atoms with Crippen molar-refractivity contribution in [3.8, 4) is 11.8 Å². The van der Waals surface area contributed by atoms with E-state index in [2.05, 4.69) is 24.1 Å². The van der Waals surface area contributed by atoms with Gasteiger partial charge in [0.15, 0.2) is 0 Å². The normalized spacial score (nSPS) is 15.2. The second-order valence-electron chi connectivity index (χ2n) is 5.58. The van der Waals surface area contributed by atoms with Crippen LogP contribution in [0, 0.1) is 24.2 Å². The van der Waals surface area contributed by atoms with Crippen molar-refractivity contribution in [1.29, 1.82) is 0 Å². The molecule has 0 spiro atoms. The van der Waals surface area contributed by atoms with Crippen LogP contribution < -0.4 is 5.32 Å². The van der Waals surface area contributed by atoms with Crippen LogP contribution in [0.5, 0.6) is 0 Å². The van der Waals surface area contributed by atoms with E-state index in [9.17, 15) is 4.79 Å². The van der Waals surface area contributed by atoms with Gasteiger partial charge in [-0.3, -0.25) is 4.79 Å². The first-order valence-electron chi connectivity index (χ1n) is 7.08. The molecule has 0 radical (unpaired) electrons. The van der Waals surface area contributed by atoms with Gasteiger partial charge in [-0.25, -0.2) is 0 Å². The summed E-state index contributed by atoms with van der Waals surface area (Å²) in [6.07, 6.45) is 3.55. The van der Waals surface area contributed by atoms with Gasteiger partial charge in [0.05, 0.1) is 0 Å². The summed E-state index contributed by atoms with van der Waals surface area (Å²) in [5.41, 5.74) is 2.75. The van der Waals surface area contributed by atoms with Crippen molar-refractivity contribution >= 4 is 5.91 Å². The molecule has 1 aromatic carbocycles. The Balaban J connectivity index is 2.07. The van der Waals surface area contributed by atoms with Gasteiger partial charge in [0.25, 0.3) is 5.91 Å². The highest BCUT2D eigenvalue weighted by atomic mass is 16.2. The third kappa shape index (κ3) is 3.61. The fourth-order valence-corrected chi connectivity index (χ4v) is 2.33. The van der Waals surface area contributed by atoms with E-state index in [1.807, 2.05) is 19.1 Å². The van der Waals surface area contributed by atoms with E-state index < -0.39 is 0 Å². The molecule has 0 aliphatic heterocycles. The maximum Gasteiger partial charge on any atom is 0.251 e. The number of hydrogen-bond acceptors (Lipinski definition) is 2. The van der Waals surface area contributed by atoms with Crippen molar-refractivity contribution in [3.63, 3.8) is 0 Å². The third-order valence-corrected chi connectivity index (χ3v) is 3.98. The smallest absolute Gasteiger partial charge is 0.251 e. The number of amides is 1. The summed E-state index contributed by atoms with van der Waals surface area (Å²) in [6.45, 7) is 4.70. The molecule has 2 N–H and O–H groups in total. The van der Waals surface area contributed by atoms with Gasteiger partial charge in [-0.15, -0.1) is 0 Å². The highest BCUT2D eigenvalue weighted by Gasteiger charge is 2.40. The first-order valence-corrected chi connectivity index (χ1v) is 7.08. The number of aliphatic hydroxyl groups is 1. The van der Waals surface area contributed by atoms with Crippen LogP contribution in [0.2, 0.25) is 0 Å². The Kier molecular flexibility index (Phi) is 4.46. The van der Waals surface area contributed by atoms with E-state index in [1.165, 1.54) is 12.8 Å². The minimum Gasteiger partial charge on any atom is -0.384 e. The molecule has 1 aliphatic carbocycles. The number of aryl methyl sites for hydroxylation is 1. The Morgan fingerprint density at radius 1 is 1.40 bits per heavy atom. The molecule has 1 aromatic rings. The van der Waals surface area contributed by atoms with Gasteiger partial charge < -0.3 is 10.4 Å². The molecule has 0 atom stereocenters. The molecule has 3 nitrogen and oxygen atoms in total. The lowest BCUT2D eigenvalue weighted by atomic mass is 10.0. The van der Waals surface area contributed by atoms with Gasteiger partial charge in [-0.2, -0.15) is 0 Å². The maximum atomic E-state index is 12.2. The number of carbonyl (C=O) groups is 1. The minimum atomic E-state index is -0.172. The van der Waals surface area contributed by atoms with Crippen LogP contribution in [-0.2, 0) is 0 Å². The molecule has 106 valence electrons. The van der Waals surface area contributed by atoms with Crippen molar-refractivity contribution < 1.29 is 9.90 Å². The van der Waals surface area contributed by atoms with Crippen LogP contribution in [-0.4, -0.2) is 24.2 Å². The van der Waals surface area contributed by atoms with Gasteiger partial charge in [0.1, 0.15) is 6.61 Å². The number of benzene rings is 1. The van der Waals surface area contributed by atoms with Gasteiger partial charge in [-0.05, 0) is 55.4 Å². The van der Waals surface area contributed by atoms with Gasteiger partial charge in [-0.1, -0.05) is 18.8 Å². The summed E-state index contributed by atoms with van der Waals surface area (Å²) >= 11 is 0. The zero-order valence-electron chi connectivity index (χ0n) is 12.1. The molecule has 20 heavy (non-hydrogen) atoms. The predicted octanol–water partition coefficient (Wildman–Crippen LogP) is 2.26. The van der Waals surface area contributed by atoms with Crippen LogP contribution in [0.1, 0.15) is 47.7 Å². The monoisotopic (exact) mass is 271 g/mol. The zero-order valence-corrected chi connectivity index (χ0v) is 12.1. The van der Waals surface area contributed by atoms with Crippen LogP contribution in [0.25, 0.3) is 0 Å². The summed E-state index contributed by atoms with van der Waals surface area (Å²) in [5.74, 6) is 5.41. The Morgan fingerprint density at radius 2 is 2.15 bits per heavy atom. The van der Waals surface area contributed by atoms with Gasteiger partial charge in [0, 0.05) is 17.7 Å². The first-order chi connectivity index (χ1) is 9.58. The van der Waals surface area contributed by atoms with Crippen molar-refractivity contribution in [2.75, 3.05) is 13.2 Å². The van der Waals surface area contributed by atoms with E-state index in [4.69, 9.17) is 5.11 Å². The lowest BCUT2D eigenvalue weighted by Crippen LogP contribution is -2.30. The summed E-state index contributed by atoms with van der Waals surface area (Å²) in [5, 5.41) is 11.8. The van der Waals surface area contributed by atoms with Gasteiger partial charge >= 0.3 is 0 Å². The molecule has 0 unspecified atom stereocenters. The highest BCUT2D eigenvalue weighted by molar-refractivity contribution is 5.94. The van der Waals surface area contributed by atoms with E-state index in [0.717, 1.165) is 24.1 Å². The molecule has 1 amide bonds. The number of nitrogens with one attached hydrogen (secondary N) is 1. The molecule has 0 bridgehead atoms. The van der Waals surface area contributed by atoms with Crippen molar-refractivity contribution in [3.05, 3.63) is 34.9 Å². The second kappa shape index (κ2) is 6.11. The number of hydrogen-bond donors (Lipinski definition) is 2. The summed E-state index contributed by atoms with van der Waals surface area (Å²) in [7, 11) is 0. The maximum absolute atomic E-state index is 12.2. The average molecular weight is 271 g/mol. The molecular weight excluding hydrogens is 250 g/mol. The molecule has 0 aromatic heterocycles. The Labute approximate surface area is 120 Å². The van der Waals surface area contributed by atoms with Crippen LogP contribution in [0.3, 0.4) is 0 Å². The van der Waals surface area contributed by atoms with E-state index in [0.29, 0.717) is 11.0 Å². The van der Waals surface area contributed by atoms with Crippen molar-refractivity contribution in [2.24, 2.45) is 5.41 Å². The number of aliphatic hydroxyl groups excluding tert-OH is 1. The SMILES string of the molecule is CCC1(CNC(=O)c2cc(C)cc(C#CCO)c2)CC1. The fourth-order valence-electron chi connectivity index (χ4n) is 2.33. The Hall–Kier alpha value is -1.79. The molecule has 2 rings (SSSR count). The Morgan fingerprint density at radius 3 is 2.75 bits per heavy atom. The standard InChI is InChI=1S/C17H21NO2/c1-3-17(6-7-17)12-18-16(20)15-10-13(2)9-14(11-15)5-4-8-19/h9-11,19H,3,6-8,12H2,1-2H3,(H,18,20). The fraction of sp³-hybridized carbons (Fsp3) is 0.471. The molecule has 0 saturated heterocycles. The molecule has 1 fully saturated rings. The van der Waals surface area contributed by atoms with Gasteiger partial charge in [0.2, 0.25) is 0 Å². The molecule has 1 aliphatic rings. The zero-order chi connectivity index (χ0) is 14.6. The summed E-state index contributed by atoms with van der Waals surface area (Å²) < 4.78 is 0. The minimum absolute atomic E-state index is 0.0412. The second-order valence-corrected chi connectivity index (χ2v) is 5.58. The van der Waals surface area contributed by atoms with E-state index >= 15 is 0 Å². The summed E-state index contributed by atoms with van der Waals surface area (Å²) in [4.78, 5) is 12.2. The Bertz CT molecular complexity index is 562. The largest absolute Gasteiger partial charge is 0.384 e. The molecule has 0 heterocycles. The average Bonchev–Trinajstić information content (AvgIpc) is 3.22. The molecule has 1 saturated carbocycles. The van der Waals surface area contributed by atoms with Crippen LogP contribution in [0.4, 0.5) is 0 Å². The molecule has 3 heteroatoms. The highest BCUT2D eigenvalue weighted by Crippen LogP contribution is 2.47. The first kappa shape index (κ1) is 14.6. The summed E-state index contributed by atoms with van der Waals surface area (Å²) in [6, 6.07) is 5.55.